The van der Waals surface area contributed by atoms with Gasteiger partial charge in [0, 0.05) is 0 Å². The lowest BCUT2D eigenvalue weighted by Crippen LogP contribution is -2.47. The molecule has 2 amide bonds. The Kier molecular flexibility index (Phi) is 7.18. The van der Waals surface area contributed by atoms with Gasteiger partial charge in [0.2, 0.25) is 5.96 Å². The first-order valence-electron chi connectivity index (χ1n) is 8.45. The van der Waals surface area contributed by atoms with E-state index in [0.29, 0.717) is 0 Å². The maximum atomic E-state index is 12.0. The van der Waals surface area contributed by atoms with E-state index in [4.69, 9.17) is 9.47 Å². The van der Waals surface area contributed by atoms with Crippen molar-refractivity contribution >= 4 is 18.1 Å². The van der Waals surface area contributed by atoms with Crippen molar-refractivity contribution < 1.29 is 19.1 Å². The summed E-state index contributed by atoms with van der Waals surface area (Å²) in [6.07, 6.45) is -1.42. The minimum Gasteiger partial charge on any atom is -0.444 e. The summed E-state index contributed by atoms with van der Waals surface area (Å²) >= 11 is 0. The lowest BCUT2D eigenvalue weighted by molar-refractivity contribution is 0.0545. The molecule has 0 atom stereocenters. The molecule has 0 spiro atoms. The summed E-state index contributed by atoms with van der Waals surface area (Å²) in [5.41, 5.74) is 0.695. The molecule has 0 aromatic heterocycles. The molecule has 2 N–H and O–H groups in total. The third-order valence-corrected chi connectivity index (χ3v) is 2.91. The van der Waals surface area contributed by atoms with Crippen LogP contribution in [0.2, 0.25) is 0 Å². The third-order valence-electron chi connectivity index (χ3n) is 2.91. The van der Waals surface area contributed by atoms with Gasteiger partial charge in [-0.05, 0) is 59.6 Å². The van der Waals surface area contributed by atoms with Crippen molar-refractivity contribution in [1.29, 1.82) is 0 Å². The number of benzene rings is 1. The Hall–Kier alpha value is -2.57. The number of hydrogen-bond donors (Lipinski definition) is 2. The monoisotopic (exact) mass is 363 g/mol. The topological polar surface area (TPSA) is 89.0 Å². The molecule has 7 nitrogen and oxygen atoms in total. The Labute approximate surface area is 155 Å². The van der Waals surface area contributed by atoms with Gasteiger partial charge in [0.25, 0.3) is 0 Å². The smallest absolute Gasteiger partial charge is 0.414 e. The summed E-state index contributed by atoms with van der Waals surface area (Å²) in [5, 5.41) is 4.91. The second kappa shape index (κ2) is 8.69. The molecule has 0 aliphatic heterocycles. The van der Waals surface area contributed by atoms with Crippen molar-refractivity contribution in [2.45, 2.75) is 66.2 Å². The average Bonchev–Trinajstić information content (AvgIpc) is 2.41. The van der Waals surface area contributed by atoms with Gasteiger partial charge in [0.15, 0.2) is 0 Å². The first kappa shape index (κ1) is 21.5. The highest BCUT2D eigenvalue weighted by Gasteiger charge is 2.21. The second-order valence-corrected chi connectivity index (χ2v) is 7.85. The predicted molar refractivity (Wildman–Crippen MR) is 101 cm³/mol. The first-order chi connectivity index (χ1) is 11.9. The molecule has 7 heteroatoms. The van der Waals surface area contributed by atoms with E-state index >= 15 is 0 Å². The van der Waals surface area contributed by atoms with Crippen LogP contribution in [0.3, 0.4) is 0 Å². The summed E-state index contributed by atoms with van der Waals surface area (Å²) in [5.74, 6) is -0.0308. The average molecular weight is 363 g/mol. The van der Waals surface area contributed by atoms with Crippen LogP contribution in [0, 0.1) is 6.92 Å². The molecular formula is C19H29N3O4. The zero-order valence-corrected chi connectivity index (χ0v) is 16.6. The Bertz CT molecular complexity index is 638. The summed E-state index contributed by atoms with van der Waals surface area (Å²) < 4.78 is 10.4. The van der Waals surface area contributed by atoms with Crippen molar-refractivity contribution in [1.82, 2.24) is 10.6 Å². The Morgan fingerprint density at radius 1 is 0.923 bits per heavy atom. The van der Waals surface area contributed by atoms with Crippen LogP contribution in [-0.4, -0.2) is 29.3 Å². The zero-order valence-electron chi connectivity index (χ0n) is 16.6. The molecule has 144 valence electrons. The van der Waals surface area contributed by atoms with Gasteiger partial charge in [-0.3, -0.25) is 10.6 Å². The summed E-state index contributed by atoms with van der Waals surface area (Å²) in [4.78, 5) is 28.3. The maximum absolute atomic E-state index is 12.0. The van der Waals surface area contributed by atoms with Gasteiger partial charge in [-0.2, -0.15) is 0 Å². The van der Waals surface area contributed by atoms with Crippen molar-refractivity contribution in [3.8, 4) is 0 Å². The highest BCUT2D eigenvalue weighted by Crippen LogP contribution is 2.09. The normalized spacial score (nSPS) is 11.3. The number of amides is 2. The standard InChI is InChI=1S/C19H29N3O4/c1-13-10-8-9-11-14(13)12-20-15(21-16(23)25-18(2,3)4)22-17(24)26-19(5,6)7/h8-11H,12H2,1-7H3,(H2,20,21,22,23,24). The number of carbonyl (C=O) groups excluding carboxylic acids is 2. The molecule has 0 aliphatic rings. The summed E-state index contributed by atoms with van der Waals surface area (Å²) in [6.45, 7) is 12.7. The van der Waals surface area contributed by atoms with Gasteiger partial charge in [0.05, 0.1) is 6.54 Å². The molecule has 0 saturated heterocycles. The van der Waals surface area contributed by atoms with Gasteiger partial charge >= 0.3 is 12.2 Å². The molecule has 0 saturated carbocycles. The van der Waals surface area contributed by atoms with E-state index in [0.717, 1.165) is 11.1 Å². The van der Waals surface area contributed by atoms with E-state index in [1.807, 2.05) is 31.2 Å². The molecule has 0 unspecified atom stereocenters. The number of alkyl carbamates (subject to hydrolysis) is 2. The SMILES string of the molecule is Cc1ccccc1CN=C(NC(=O)OC(C)(C)C)NC(=O)OC(C)(C)C. The second-order valence-electron chi connectivity index (χ2n) is 7.85. The van der Waals surface area contributed by atoms with E-state index in [1.165, 1.54) is 0 Å². The molecule has 0 radical (unpaired) electrons. The lowest BCUT2D eigenvalue weighted by Gasteiger charge is -2.22. The van der Waals surface area contributed by atoms with Crippen LogP contribution in [-0.2, 0) is 16.0 Å². The maximum Gasteiger partial charge on any atom is 0.414 e. The number of nitrogens with one attached hydrogen (secondary N) is 2. The minimum absolute atomic E-state index is 0.0308. The number of guanidine groups is 1. The van der Waals surface area contributed by atoms with Crippen LogP contribution >= 0.6 is 0 Å². The summed E-state index contributed by atoms with van der Waals surface area (Å²) in [7, 11) is 0. The molecule has 26 heavy (non-hydrogen) atoms. The highest BCUT2D eigenvalue weighted by molar-refractivity contribution is 6.01. The largest absolute Gasteiger partial charge is 0.444 e. The fourth-order valence-corrected chi connectivity index (χ4v) is 1.86. The molecule has 0 bridgehead atoms. The van der Waals surface area contributed by atoms with Crippen molar-refractivity contribution in [3.63, 3.8) is 0 Å². The van der Waals surface area contributed by atoms with E-state index in [-0.39, 0.29) is 12.5 Å². The number of nitrogens with zero attached hydrogens (tertiary/aromatic N) is 1. The van der Waals surface area contributed by atoms with Crippen LogP contribution in [0.25, 0.3) is 0 Å². The Morgan fingerprint density at radius 2 is 1.38 bits per heavy atom. The number of carbonyl (C=O) groups is 2. The van der Waals surface area contributed by atoms with Gasteiger partial charge in [-0.1, -0.05) is 24.3 Å². The molecule has 1 rings (SSSR count). The number of aryl methyl sites for hydroxylation is 1. The van der Waals surface area contributed by atoms with Gasteiger partial charge in [-0.15, -0.1) is 0 Å². The van der Waals surface area contributed by atoms with Gasteiger partial charge < -0.3 is 9.47 Å². The zero-order chi connectivity index (χ0) is 20.0. The van der Waals surface area contributed by atoms with Gasteiger partial charge in [-0.25, -0.2) is 14.6 Å². The van der Waals surface area contributed by atoms with Gasteiger partial charge in [0.1, 0.15) is 11.2 Å². The number of hydrogen-bond acceptors (Lipinski definition) is 5. The van der Waals surface area contributed by atoms with Crippen LogP contribution in [0.1, 0.15) is 52.7 Å². The molecular weight excluding hydrogens is 334 g/mol. The van der Waals surface area contributed by atoms with E-state index in [1.54, 1.807) is 41.5 Å². The molecule has 0 heterocycles. The third kappa shape index (κ3) is 9.05. The fraction of sp³-hybridized carbons (Fsp3) is 0.526. The van der Waals surface area contributed by atoms with Crippen molar-refractivity contribution in [3.05, 3.63) is 35.4 Å². The van der Waals surface area contributed by atoms with Crippen molar-refractivity contribution in [2.24, 2.45) is 4.99 Å². The first-order valence-corrected chi connectivity index (χ1v) is 8.45. The quantitative estimate of drug-likeness (QED) is 0.616. The van der Waals surface area contributed by atoms with E-state index < -0.39 is 23.4 Å². The minimum atomic E-state index is -0.711. The number of rotatable bonds is 2. The van der Waals surface area contributed by atoms with Crippen LogP contribution in [0.4, 0.5) is 9.59 Å². The van der Waals surface area contributed by atoms with E-state index in [9.17, 15) is 9.59 Å². The number of ether oxygens (including phenoxy) is 2. The highest BCUT2D eigenvalue weighted by atomic mass is 16.6. The Morgan fingerprint density at radius 3 is 1.81 bits per heavy atom. The molecule has 0 fully saturated rings. The molecule has 0 aliphatic carbocycles. The van der Waals surface area contributed by atoms with Crippen LogP contribution in [0.5, 0.6) is 0 Å². The fourth-order valence-electron chi connectivity index (χ4n) is 1.86. The van der Waals surface area contributed by atoms with Crippen LogP contribution < -0.4 is 10.6 Å². The van der Waals surface area contributed by atoms with Crippen molar-refractivity contribution in [2.75, 3.05) is 0 Å². The van der Waals surface area contributed by atoms with Crippen LogP contribution in [0.15, 0.2) is 29.3 Å². The Balaban J connectivity index is 2.90. The predicted octanol–water partition coefficient (Wildman–Crippen LogP) is 3.90. The van der Waals surface area contributed by atoms with E-state index in [2.05, 4.69) is 15.6 Å². The number of aliphatic imine (C=N–C) groups is 1. The summed E-state index contributed by atoms with van der Waals surface area (Å²) in [6, 6.07) is 7.73. The molecule has 1 aromatic rings. The molecule has 1 aromatic carbocycles. The lowest BCUT2D eigenvalue weighted by atomic mass is 10.1.